The van der Waals surface area contributed by atoms with Crippen LogP contribution in [0.15, 0.2) is 60.7 Å². The maximum Gasteiger partial charge on any atom is 0.338 e. The summed E-state index contributed by atoms with van der Waals surface area (Å²) in [6.45, 7) is 0. The summed E-state index contributed by atoms with van der Waals surface area (Å²) < 4.78 is 5.64. The van der Waals surface area contributed by atoms with E-state index in [1.807, 2.05) is 36.4 Å². The van der Waals surface area contributed by atoms with E-state index >= 15 is 0 Å². The number of hydrogen-bond acceptors (Lipinski definition) is 3. The fourth-order valence-electron chi connectivity index (χ4n) is 2.64. The van der Waals surface area contributed by atoms with E-state index in [9.17, 15) is 9.59 Å². The molecular formula is C18H17NO3. The van der Waals surface area contributed by atoms with E-state index in [0.29, 0.717) is 18.4 Å². The summed E-state index contributed by atoms with van der Waals surface area (Å²) in [5.74, 6) is -0.372. The average molecular weight is 295 g/mol. The third-order valence-electron chi connectivity index (χ3n) is 3.77. The van der Waals surface area contributed by atoms with Gasteiger partial charge in [-0.15, -0.1) is 0 Å². The molecule has 4 nitrogen and oxygen atoms in total. The highest BCUT2D eigenvalue weighted by atomic mass is 16.5. The molecule has 0 bridgehead atoms. The van der Waals surface area contributed by atoms with Crippen LogP contribution < -0.4 is 5.32 Å². The van der Waals surface area contributed by atoms with Gasteiger partial charge in [0.25, 0.3) is 0 Å². The van der Waals surface area contributed by atoms with Crippen LogP contribution >= 0.6 is 0 Å². The van der Waals surface area contributed by atoms with Crippen molar-refractivity contribution in [3.63, 3.8) is 0 Å². The van der Waals surface area contributed by atoms with E-state index in [0.717, 1.165) is 5.56 Å². The molecule has 1 N–H and O–H groups in total. The zero-order valence-electron chi connectivity index (χ0n) is 12.1. The monoisotopic (exact) mass is 295 g/mol. The van der Waals surface area contributed by atoms with Crippen LogP contribution in [-0.4, -0.2) is 18.0 Å². The zero-order chi connectivity index (χ0) is 15.4. The lowest BCUT2D eigenvalue weighted by Crippen LogP contribution is -2.43. The molecule has 1 amide bonds. The van der Waals surface area contributed by atoms with Crippen LogP contribution in [0.3, 0.4) is 0 Å². The quantitative estimate of drug-likeness (QED) is 0.886. The van der Waals surface area contributed by atoms with Crippen molar-refractivity contribution < 1.29 is 14.3 Å². The average Bonchev–Trinajstić information content (AvgIpc) is 2.58. The molecule has 112 valence electrons. The molecule has 22 heavy (non-hydrogen) atoms. The van der Waals surface area contributed by atoms with Crippen LogP contribution in [0, 0.1) is 0 Å². The molecule has 2 atom stereocenters. The highest BCUT2D eigenvalue weighted by Gasteiger charge is 2.32. The smallest absolute Gasteiger partial charge is 0.338 e. The number of carbonyl (C=O) groups is 2. The first kappa shape index (κ1) is 14.3. The Hall–Kier alpha value is -2.62. The molecule has 0 saturated carbocycles. The number of esters is 1. The number of nitrogens with one attached hydrogen (secondary N) is 1. The highest BCUT2D eigenvalue weighted by Crippen LogP contribution is 2.27. The molecule has 0 aliphatic carbocycles. The lowest BCUT2D eigenvalue weighted by molar-refractivity contribution is -0.126. The van der Waals surface area contributed by atoms with E-state index in [1.165, 1.54) is 0 Å². The van der Waals surface area contributed by atoms with Gasteiger partial charge in [0.15, 0.2) is 0 Å². The third kappa shape index (κ3) is 3.17. The summed E-state index contributed by atoms with van der Waals surface area (Å²) in [6.07, 6.45) is 0.549. The Morgan fingerprint density at radius 3 is 2.32 bits per heavy atom. The van der Waals surface area contributed by atoms with Crippen LogP contribution in [0.25, 0.3) is 0 Å². The molecule has 4 heteroatoms. The topological polar surface area (TPSA) is 55.4 Å². The number of hydrogen-bond donors (Lipinski definition) is 1. The van der Waals surface area contributed by atoms with Gasteiger partial charge in [0.05, 0.1) is 11.6 Å². The summed E-state index contributed by atoms with van der Waals surface area (Å²) in [5, 5.41) is 2.92. The van der Waals surface area contributed by atoms with E-state index in [2.05, 4.69) is 5.32 Å². The van der Waals surface area contributed by atoms with E-state index in [-0.39, 0.29) is 24.0 Å². The lowest BCUT2D eigenvalue weighted by Gasteiger charge is -2.32. The molecule has 1 heterocycles. The Balaban J connectivity index is 1.78. The van der Waals surface area contributed by atoms with Crippen molar-refractivity contribution in [1.29, 1.82) is 0 Å². The summed E-state index contributed by atoms with van der Waals surface area (Å²) in [7, 11) is 0. The van der Waals surface area contributed by atoms with Gasteiger partial charge in [-0.2, -0.15) is 0 Å². The maximum absolute atomic E-state index is 12.2. The highest BCUT2D eigenvalue weighted by molar-refractivity contribution is 5.89. The van der Waals surface area contributed by atoms with Crippen molar-refractivity contribution in [2.75, 3.05) is 0 Å². The van der Waals surface area contributed by atoms with Gasteiger partial charge in [-0.3, -0.25) is 4.79 Å². The van der Waals surface area contributed by atoms with Gasteiger partial charge < -0.3 is 10.1 Å². The lowest BCUT2D eigenvalue weighted by atomic mass is 9.94. The Bertz CT molecular complexity index is 655. The van der Waals surface area contributed by atoms with E-state index < -0.39 is 0 Å². The molecule has 2 aromatic carbocycles. The second kappa shape index (κ2) is 6.43. The fraction of sp³-hybridized carbons (Fsp3) is 0.222. The number of carbonyl (C=O) groups excluding carboxylic acids is 2. The number of benzene rings is 2. The van der Waals surface area contributed by atoms with Crippen molar-refractivity contribution in [1.82, 2.24) is 5.32 Å². The van der Waals surface area contributed by atoms with Crippen molar-refractivity contribution in [3.8, 4) is 0 Å². The predicted octanol–water partition coefficient (Wildman–Crippen LogP) is 2.86. The van der Waals surface area contributed by atoms with Crippen molar-refractivity contribution in [3.05, 3.63) is 71.8 Å². The Morgan fingerprint density at radius 2 is 1.64 bits per heavy atom. The SMILES string of the molecule is O=C1CC[C@@H](OC(=O)c2ccccc2)[C@@H](c2ccccc2)N1. The summed E-state index contributed by atoms with van der Waals surface area (Å²) in [5.41, 5.74) is 1.47. The van der Waals surface area contributed by atoms with Gasteiger partial charge in [-0.1, -0.05) is 48.5 Å². The molecule has 1 saturated heterocycles. The molecule has 2 aromatic rings. The first-order chi connectivity index (χ1) is 10.7. The number of rotatable bonds is 3. The van der Waals surface area contributed by atoms with Gasteiger partial charge in [0.1, 0.15) is 6.10 Å². The standard InChI is InChI=1S/C18H17NO3/c20-16-12-11-15(17(19-16)13-7-3-1-4-8-13)22-18(21)14-9-5-2-6-10-14/h1-10,15,17H,11-12H2,(H,19,20)/t15-,17-/m1/s1. The van der Waals surface area contributed by atoms with Gasteiger partial charge >= 0.3 is 5.97 Å². The van der Waals surface area contributed by atoms with Crippen molar-refractivity contribution in [2.24, 2.45) is 0 Å². The molecule has 0 unspecified atom stereocenters. The van der Waals surface area contributed by atoms with Gasteiger partial charge in [-0.25, -0.2) is 4.79 Å². The summed E-state index contributed by atoms with van der Waals surface area (Å²) >= 11 is 0. The van der Waals surface area contributed by atoms with Crippen LogP contribution in [0.2, 0.25) is 0 Å². The second-order valence-electron chi connectivity index (χ2n) is 5.30. The van der Waals surface area contributed by atoms with Crippen molar-refractivity contribution in [2.45, 2.75) is 25.0 Å². The minimum Gasteiger partial charge on any atom is -0.456 e. The van der Waals surface area contributed by atoms with Crippen LogP contribution in [0.1, 0.15) is 34.8 Å². The molecule has 3 rings (SSSR count). The first-order valence-electron chi connectivity index (χ1n) is 7.34. The van der Waals surface area contributed by atoms with Gasteiger partial charge in [-0.05, 0) is 24.1 Å². The van der Waals surface area contributed by atoms with Gasteiger partial charge in [0, 0.05) is 6.42 Å². The predicted molar refractivity (Wildman–Crippen MR) is 82.2 cm³/mol. The number of piperidine rings is 1. The Kier molecular flexibility index (Phi) is 4.19. The number of ether oxygens (including phenoxy) is 1. The van der Waals surface area contributed by atoms with Crippen LogP contribution in [0.4, 0.5) is 0 Å². The minimum absolute atomic E-state index is 0.0131. The minimum atomic E-state index is -0.359. The maximum atomic E-state index is 12.2. The first-order valence-corrected chi connectivity index (χ1v) is 7.34. The van der Waals surface area contributed by atoms with Crippen LogP contribution in [0.5, 0.6) is 0 Å². The third-order valence-corrected chi connectivity index (χ3v) is 3.77. The summed E-state index contributed by atoms with van der Waals surface area (Å²) in [4.78, 5) is 23.9. The molecule has 0 radical (unpaired) electrons. The second-order valence-corrected chi connectivity index (χ2v) is 5.30. The Morgan fingerprint density at radius 1 is 1.00 bits per heavy atom. The van der Waals surface area contributed by atoms with Crippen molar-refractivity contribution >= 4 is 11.9 Å². The zero-order valence-corrected chi connectivity index (χ0v) is 12.1. The number of amides is 1. The molecular weight excluding hydrogens is 278 g/mol. The largest absolute Gasteiger partial charge is 0.456 e. The fourth-order valence-corrected chi connectivity index (χ4v) is 2.64. The normalized spacial score (nSPS) is 21.0. The molecule has 0 spiro atoms. The molecule has 0 aromatic heterocycles. The molecule has 1 aliphatic rings. The molecule has 1 aliphatic heterocycles. The van der Waals surface area contributed by atoms with Crippen LogP contribution in [-0.2, 0) is 9.53 Å². The van der Waals surface area contributed by atoms with E-state index in [1.54, 1.807) is 24.3 Å². The van der Waals surface area contributed by atoms with E-state index in [4.69, 9.17) is 4.74 Å². The summed E-state index contributed by atoms with van der Waals surface area (Å²) in [6, 6.07) is 18.2. The molecule has 1 fully saturated rings. The van der Waals surface area contributed by atoms with Gasteiger partial charge in [0.2, 0.25) is 5.91 Å². The Labute approximate surface area is 129 Å².